The van der Waals surface area contributed by atoms with Gasteiger partial charge in [0.15, 0.2) is 0 Å². The first kappa shape index (κ1) is 15.4. The van der Waals surface area contributed by atoms with E-state index in [0.717, 1.165) is 25.7 Å². The molecule has 0 heterocycles. The van der Waals surface area contributed by atoms with Crippen LogP contribution < -0.4 is 4.72 Å². The lowest BCUT2D eigenvalue weighted by Crippen LogP contribution is -2.38. The molecule has 20 heavy (non-hydrogen) atoms. The molecule has 6 heteroatoms. The van der Waals surface area contributed by atoms with Crippen LogP contribution in [0.15, 0.2) is 23.1 Å². The highest BCUT2D eigenvalue weighted by Crippen LogP contribution is 2.25. The number of hydrogen-bond acceptors (Lipinski definition) is 3. The van der Waals surface area contributed by atoms with Crippen LogP contribution in [0.3, 0.4) is 0 Å². The summed E-state index contributed by atoms with van der Waals surface area (Å²) in [5, 5.41) is 9.07. The van der Waals surface area contributed by atoms with Crippen LogP contribution in [0.4, 0.5) is 4.39 Å². The van der Waals surface area contributed by atoms with Gasteiger partial charge in [-0.25, -0.2) is 17.5 Å². The maximum absolute atomic E-state index is 13.2. The molecule has 1 aliphatic carbocycles. The molecule has 4 nitrogen and oxygen atoms in total. The van der Waals surface area contributed by atoms with Crippen LogP contribution in [0.5, 0.6) is 0 Å². The van der Waals surface area contributed by atoms with Crippen molar-refractivity contribution in [1.29, 1.82) is 0 Å². The molecule has 0 unspecified atom stereocenters. The third-order valence-corrected chi connectivity index (χ3v) is 5.38. The summed E-state index contributed by atoms with van der Waals surface area (Å²) in [6.45, 7) is 1.71. The van der Waals surface area contributed by atoms with Crippen molar-refractivity contribution in [3.8, 4) is 0 Å². The van der Waals surface area contributed by atoms with Crippen molar-refractivity contribution in [1.82, 2.24) is 4.72 Å². The summed E-state index contributed by atoms with van der Waals surface area (Å²) in [5.74, 6) is -0.128. The first-order chi connectivity index (χ1) is 9.42. The van der Waals surface area contributed by atoms with Gasteiger partial charge in [0, 0.05) is 12.6 Å². The van der Waals surface area contributed by atoms with Crippen molar-refractivity contribution < 1.29 is 17.9 Å². The largest absolute Gasteiger partial charge is 0.396 e. The Morgan fingerprint density at radius 3 is 2.50 bits per heavy atom. The molecule has 2 rings (SSSR count). The predicted octanol–water partition coefficient (Wildman–Crippen LogP) is 1.96. The molecule has 1 aromatic rings. The molecule has 0 bridgehead atoms. The molecule has 0 atom stereocenters. The van der Waals surface area contributed by atoms with Crippen molar-refractivity contribution in [3.05, 3.63) is 29.6 Å². The minimum atomic E-state index is -3.60. The lowest BCUT2D eigenvalue weighted by atomic mass is 9.87. The van der Waals surface area contributed by atoms with Gasteiger partial charge in [-0.3, -0.25) is 0 Å². The van der Waals surface area contributed by atoms with Crippen LogP contribution >= 0.6 is 0 Å². The van der Waals surface area contributed by atoms with E-state index in [4.69, 9.17) is 5.11 Å². The average molecular weight is 301 g/mol. The topological polar surface area (TPSA) is 66.4 Å². The average Bonchev–Trinajstić information content (AvgIpc) is 2.42. The number of nitrogens with one attached hydrogen (secondary N) is 1. The van der Waals surface area contributed by atoms with Crippen molar-refractivity contribution >= 4 is 10.0 Å². The normalized spacial score (nSPS) is 23.8. The summed E-state index contributed by atoms with van der Waals surface area (Å²) in [5.41, 5.74) is 0.317. The molecule has 0 amide bonds. The number of aliphatic hydroxyl groups is 1. The van der Waals surface area contributed by atoms with Crippen molar-refractivity contribution in [2.24, 2.45) is 5.92 Å². The lowest BCUT2D eigenvalue weighted by molar-refractivity contribution is 0.180. The molecule has 1 aromatic carbocycles. The summed E-state index contributed by atoms with van der Waals surface area (Å²) >= 11 is 0. The Hall–Kier alpha value is -0.980. The fourth-order valence-electron chi connectivity index (χ4n) is 2.53. The summed E-state index contributed by atoms with van der Waals surface area (Å²) in [4.78, 5) is 0.0979. The number of hydrogen-bond donors (Lipinski definition) is 2. The molecular formula is C14H20FNO3S. The van der Waals surface area contributed by atoms with Gasteiger partial charge in [0.25, 0.3) is 0 Å². The zero-order valence-corrected chi connectivity index (χ0v) is 12.3. The van der Waals surface area contributed by atoms with Gasteiger partial charge in [-0.05, 0) is 62.3 Å². The number of rotatable bonds is 4. The Bertz CT molecular complexity index is 566. The second kappa shape index (κ2) is 6.20. The van der Waals surface area contributed by atoms with Gasteiger partial charge in [0.05, 0.1) is 4.90 Å². The van der Waals surface area contributed by atoms with Crippen molar-refractivity contribution in [3.63, 3.8) is 0 Å². The van der Waals surface area contributed by atoms with E-state index >= 15 is 0 Å². The van der Waals surface area contributed by atoms with Crippen LogP contribution in [-0.4, -0.2) is 26.2 Å². The number of sulfonamides is 1. The van der Waals surface area contributed by atoms with Gasteiger partial charge in [0.2, 0.25) is 10.0 Å². The predicted molar refractivity (Wildman–Crippen MR) is 74.3 cm³/mol. The Morgan fingerprint density at radius 1 is 1.30 bits per heavy atom. The molecule has 0 saturated heterocycles. The van der Waals surface area contributed by atoms with Crippen molar-refractivity contribution in [2.45, 2.75) is 43.5 Å². The van der Waals surface area contributed by atoms with E-state index < -0.39 is 15.8 Å². The Balaban J connectivity index is 2.06. The fraction of sp³-hybridized carbons (Fsp3) is 0.571. The summed E-state index contributed by atoms with van der Waals surface area (Å²) < 4.78 is 40.3. The molecule has 112 valence electrons. The standard InChI is InChI=1S/C14H20FNO3S/c1-10-8-13(6-7-14(10)15)20(18,19)16-12-4-2-11(9-17)3-5-12/h6-8,11-12,16-17H,2-5,9H2,1H3. The highest BCUT2D eigenvalue weighted by molar-refractivity contribution is 7.89. The quantitative estimate of drug-likeness (QED) is 0.893. The van der Waals surface area contributed by atoms with Crippen LogP contribution in [-0.2, 0) is 10.0 Å². The van der Waals surface area contributed by atoms with Gasteiger partial charge in [-0.15, -0.1) is 0 Å². The van der Waals surface area contributed by atoms with E-state index in [0.29, 0.717) is 5.56 Å². The van der Waals surface area contributed by atoms with Crippen molar-refractivity contribution in [2.75, 3.05) is 6.61 Å². The zero-order valence-electron chi connectivity index (χ0n) is 11.5. The molecule has 0 spiro atoms. The molecule has 0 aliphatic heterocycles. The molecule has 0 radical (unpaired) electrons. The van der Waals surface area contributed by atoms with Gasteiger partial charge in [-0.1, -0.05) is 0 Å². The third kappa shape index (κ3) is 3.56. The second-order valence-corrected chi connectivity index (χ2v) is 7.15. The van der Waals surface area contributed by atoms with Crippen LogP contribution in [0.25, 0.3) is 0 Å². The third-order valence-electron chi connectivity index (χ3n) is 3.87. The number of aliphatic hydroxyl groups excluding tert-OH is 1. The molecule has 0 aromatic heterocycles. The fourth-order valence-corrected chi connectivity index (χ4v) is 3.92. The summed E-state index contributed by atoms with van der Waals surface area (Å²) in [6.07, 6.45) is 3.10. The molecule has 2 N–H and O–H groups in total. The highest BCUT2D eigenvalue weighted by Gasteiger charge is 2.25. The smallest absolute Gasteiger partial charge is 0.240 e. The Labute approximate surface area is 119 Å². The monoisotopic (exact) mass is 301 g/mol. The SMILES string of the molecule is Cc1cc(S(=O)(=O)NC2CCC(CO)CC2)ccc1F. The lowest BCUT2D eigenvalue weighted by Gasteiger charge is -2.27. The van der Waals surface area contributed by atoms with E-state index in [9.17, 15) is 12.8 Å². The van der Waals surface area contributed by atoms with E-state index in [1.165, 1.54) is 18.2 Å². The van der Waals surface area contributed by atoms with E-state index in [-0.39, 0.29) is 23.5 Å². The summed E-state index contributed by atoms with van der Waals surface area (Å²) in [6, 6.07) is 3.70. The number of halogens is 1. The molecular weight excluding hydrogens is 281 g/mol. The molecule has 1 saturated carbocycles. The second-order valence-electron chi connectivity index (χ2n) is 5.43. The Kier molecular flexibility index (Phi) is 4.78. The van der Waals surface area contributed by atoms with E-state index in [1.54, 1.807) is 6.92 Å². The van der Waals surface area contributed by atoms with E-state index in [1.807, 2.05) is 0 Å². The maximum atomic E-state index is 13.2. The van der Waals surface area contributed by atoms with Crippen LogP contribution in [0.1, 0.15) is 31.2 Å². The minimum Gasteiger partial charge on any atom is -0.396 e. The van der Waals surface area contributed by atoms with E-state index in [2.05, 4.69) is 4.72 Å². The number of aryl methyl sites for hydroxylation is 1. The van der Waals surface area contributed by atoms with Crippen LogP contribution in [0, 0.1) is 18.7 Å². The van der Waals surface area contributed by atoms with Gasteiger partial charge in [0.1, 0.15) is 5.82 Å². The summed E-state index contributed by atoms with van der Waals surface area (Å²) in [7, 11) is -3.60. The van der Waals surface area contributed by atoms with Crippen LogP contribution in [0.2, 0.25) is 0 Å². The highest BCUT2D eigenvalue weighted by atomic mass is 32.2. The Morgan fingerprint density at radius 2 is 1.95 bits per heavy atom. The van der Waals surface area contributed by atoms with Gasteiger partial charge in [-0.2, -0.15) is 0 Å². The maximum Gasteiger partial charge on any atom is 0.240 e. The molecule has 1 fully saturated rings. The van der Waals surface area contributed by atoms with Gasteiger partial charge < -0.3 is 5.11 Å². The first-order valence-corrected chi connectivity index (χ1v) is 8.30. The number of benzene rings is 1. The minimum absolute atomic E-state index is 0.0979. The van der Waals surface area contributed by atoms with Gasteiger partial charge >= 0.3 is 0 Å². The zero-order chi connectivity index (χ0) is 14.8. The first-order valence-electron chi connectivity index (χ1n) is 6.81. The molecule has 1 aliphatic rings.